The largest absolute Gasteiger partial charge is 0.507 e. The van der Waals surface area contributed by atoms with Crippen LogP contribution in [0, 0.1) is 23.7 Å². The molecule has 6 rings (SSSR count). The molecule has 0 heterocycles. The van der Waals surface area contributed by atoms with Crippen molar-refractivity contribution in [2.45, 2.75) is 49.8 Å². The normalized spacial score (nSPS) is 28.0. The van der Waals surface area contributed by atoms with Gasteiger partial charge in [0.1, 0.15) is 19.0 Å². The second-order valence-electron chi connectivity index (χ2n) is 14.1. The summed E-state index contributed by atoms with van der Waals surface area (Å²) in [6.07, 6.45) is -2.95. The van der Waals surface area contributed by atoms with Crippen LogP contribution in [0.5, 0.6) is 5.75 Å². The van der Waals surface area contributed by atoms with Gasteiger partial charge in [-0.25, -0.2) is 9.59 Å². The number of primary amides is 1. The number of hydrogen-bond donors (Lipinski definition) is 5. The van der Waals surface area contributed by atoms with E-state index in [-0.39, 0.29) is 24.3 Å². The summed E-state index contributed by atoms with van der Waals surface area (Å²) in [7, 11) is 2.77. The first-order valence-corrected chi connectivity index (χ1v) is 17.2. The number of rotatable bonds is 9. The van der Waals surface area contributed by atoms with Crippen LogP contribution in [0.2, 0.25) is 0 Å². The highest BCUT2D eigenvalue weighted by molar-refractivity contribution is 6.32. The highest BCUT2D eigenvalue weighted by Gasteiger charge is 2.73. The number of Topliss-reactive ketones (excluding diaryl/α,β-unsaturated/α-hetero) is 4. The number of nitrogens with one attached hydrogen (secondary N) is 1. The molecule has 0 aliphatic heterocycles. The van der Waals surface area contributed by atoms with Gasteiger partial charge in [-0.3, -0.25) is 28.9 Å². The Kier molecular flexibility index (Phi) is 10.2. The Morgan fingerprint density at radius 3 is 2.02 bits per heavy atom. The summed E-state index contributed by atoms with van der Waals surface area (Å²) in [6, 6.07) is 16.5. The molecular formula is C39H39N3O12. The molecule has 9 atom stereocenters. The number of alkyl carbamates (subject to hydrolysis) is 1. The monoisotopic (exact) mass is 741 g/mol. The van der Waals surface area contributed by atoms with Gasteiger partial charge in [0.05, 0.1) is 29.5 Å². The van der Waals surface area contributed by atoms with Crippen LogP contribution >= 0.6 is 0 Å². The van der Waals surface area contributed by atoms with Crippen LogP contribution in [0.15, 0.2) is 72.8 Å². The number of phenolic OH excluding ortho intramolecular Hbond substituents is 1. The zero-order chi connectivity index (χ0) is 39.2. The number of carbonyl (C=O) groups is 7. The summed E-state index contributed by atoms with van der Waals surface area (Å²) in [6.45, 7) is 1.13. The lowest BCUT2D eigenvalue weighted by atomic mass is 9.49. The Labute approximate surface area is 309 Å². The highest BCUT2D eigenvalue weighted by atomic mass is 16.6. The third kappa shape index (κ3) is 6.23. The molecule has 3 aromatic carbocycles. The maximum Gasteiger partial charge on any atom is 0.408 e. The number of ketones is 4. The van der Waals surface area contributed by atoms with Gasteiger partial charge >= 0.3 is 12.1 Å². The number of aromatic hydroxyl groups is 1. The SMILES string of the molecule is C[C@H]1c2c(C(NC(=O)OCc3ccccc3)C(=O)OCc3ccccc3)ccc(O)c2C(=O)C2C(=O)[C@]3(O)C(=O)C(C(N)=O)C(=O)C(N(C)C)[C@@H]3[C@@H](O)[C@@H]21. The molecule has 0 radical (unpaired) electrons. The van der Waals surface area contributed by atoms with E-state index in [1.807, 2.05) is 0 Å². The van der Waals surface area contributed by atoms with Crippen LogP contribution in [-0.2, 0) is 46.7 Å². The van der Waals surface area contributed by atoms with Crippen molar-refractivity contribution in [3.63, 3.8) is 0 Å². The minimum Gasteiger partial charge on any atom is -0.507 e. The fourth-order valence-corrected chi connectivity index (χ4v) is 8.31. The minimum absolute atomic E-state index is 0.0339. The molecule has 0 aromatic heterocycles. The maximum absolute atomic E-state index is 14.4. The molecule has 0 spiro atoms. The van der Waals surface area contributed by atoms with Crippen molar-refractivity contribution in [2.24, 2.45) is 29.4 Å². The maximum atomic E-state index is 14.4. The van der Waals surface area contributed by atoms with Crippen LogP contribution in [0.3, 0.4) is 0 Å². The van der Waals surface area contributed by atoms with Crippen LogP contribution in [0.1, 0.15) is 51.5 Å². The number of nitrogens with zero attached hydrogens (tertiary/aromatic N) is 1. The topological polar surface area (TPSA) is 240 Å². The molecule has 54 heavy (non-hydrogen) atoms. The van der Waals surface area contributed by atoms with Crippen LogP contribution < -0.4 is 11.1 Å². The predicted octanol–water partition coefficient (Wildman–Crippen LogP) is 1.11. The number of nitrogens with two attached hydrogens (primary N) is 1. The van der Waals surface area contributed by atoms with E-state index in [1.165, 1.54) is 32.0 Å². The standard InChI is InChI=1S/C39H39N3O12/c1-18-23-21(29(37(50)53-16-19-10-6-4-7-11-19)41-38(51)54-17-20-12-8-5-9-13-20)14-15-22(43)25(23)31(44)26-24(18)32(45)28-30(42(2)3)33(46)27(36(40)49)35(48)39(28,52)34(26)47/h4-15,18,24,26-30,32,43,45,52H,16-17H2,1-3H3,(H2,40,49)(H,41,51)/t18-,24+,26?,27?,28+,29?,30?,32-,39-/m0/s1. The number of amides is 2. The molecule has 15 heteroatoms. The number of esters is 1. The summed E-state index contributed by atoms with van der Waals surface area (Å²) in [5.74, 6) is -16.6. The first-order valence-electron chi connectivity index (χ1n) is 17.2. The van der Waals surface area contributed by atoms with Gasteiger partial charge in [0.25, 0.3) is 0 Å². The minimum atomic E-state index is -3.18. The van der Waals surface area contributed by atoms with Crippen molar-refractivity contribution >= 4 is 41.1 Å². The lowest BCUT2D eigenvalue weighted by Crippen LogP contribution is -2.77. The molecule has 15 nitrogen and oxygen atoms in total. The summed E-state index contributed by atoms with van der Waals surface area (Å²) >= 11 is 0. The molecule has 282 valence electrons. The van der Waals surface area contributed by atoms with Crippen molar-refractivity contribution in [3.8, 4) is 5.75 Å². The van der Waals surface area contributed by atoms with Crippen LogP contribution in [-0.4, -0.2) is 93.2 Å². The number of hydrogen-bond acceptors (Lipinski definition) is 13. The van der Waals surface area contributed by atoms with E-state index >= 15 is 0 Å². The first kappa shape index (κ1) is 38.0. The van der Waals surface area contributed by atoms with Gasteiger partial charge in [0.15, 0.2) is 40.7 Å². The summed E-state index contributed by atoms with van der Waals surface area (Å²) in [5.41, 5.74) is 2.94. The third-order valence-corrected chi connectivity index (χ3v) is 10.7. The Morgan fingerprint density at radius 1 is 0.889 bits per heavy atom. The van der Waals surface area contributed by atoms with Gasteiger partial charge in [0, 0.05) is 5.92 Å². The molecular weight excluding hydrogens is 702 g/mol. The van der Waals surface area contributed by atoms with E-state index in [9.17, 15) is 48.9 Å². The first-order chi connectivity index (χ1) is 25.6. The molecule has 4 unspecified atom stereocenters. The Bertz CT molecular complexity index is 2040. The molecule has 3 aromatic rings. The number of phenols is 1. The van der Waals surface area contributed by atoms with Gasteiger partial charge in [-0.2, -0.15) is 0 Å². The number of likely N-dealkylation sites (N-methyl/N-ethyl adjacent to an activating group) is 1. The molecule has 2 fully saturated rings. The van der Waals surface area contributed by atoms with Gasteiger partial charge in [-0.05, 0) is 48.3 Å². The molecule has 6 N–H and O–H groups in total. The molecule has 2 saturated carbocycles. The van der Waals surface area contributed by atoms with Crippen molar-refractivity contribution in [1.29, 1.82) is 0 Å². The zero-order valence-corrected chi connectivity index (χ0v) is 29.5. The van der Waals surface area contributed by atoms with Crippen molar-refractivity contribution in [3.05, 3.63) is 101 Å². The average Bonchev–Trinajstić information content (AvgIpc) is 3.14. The number of fused-ring (bicyclic) bond motifs is 3. The quantitative estimate of drug-likeness (QED) is 0.153. The van der Waals surface area contributed by atoms with E-state index in [2.05, 4.69) is 5.32 Å². The molecule has 0 saturated heterocycles. The van der Waals surface area contributed by atoms with Gasteiger partial charge in [0.2, 0.25) is 5.91 Å². The van der Waals surface area contributed by atoms with Crippen LogP contribution in [0.25, 0.3) is 0 Å². The Hall–Kier alpha value is -5.77. The Balaban J connectivity index is 1.44. The molecule has 3 aliphatic carbocycles. The summed E-state index contributed by atoms with van der Waals surface area (Å²) in [5, 5.41) is 37.6. The molecule has 0 bridgehead atoms. The second-order valence-corrected chi connectivity index (χ2v) is 14.1. The summed E-state index contributed by atoms with van der Waals surface area (Å²) in [4.78, 5) is 96.7. The van der Waals surface area contributed by atoms with E-state index < -0.39 is 106 Å². The van der Waals surface area contributed by atoms with Crippen LogP contribution in [0.4, 0.5) is 4.79 Å². The van der Waals surface area contributed by atoms with Crippen molar-refractivity contribution in [2.75, 3.05) is 14.1 Å². The number of benzene rings is 3. The average molecular weight is 742 g/mol. The number of aliphatic hydroxyl groups is 2. The highest BCUT2D eigenvalue weighted by Crippen LogP contribution is 2.55. The van der Waals surface area contributed by atoms with Crippen molar-refractivity contribution in [1.82, 2.24) is 10.2 Å². The number of aliphatic hydroxyl groups excluding tert-OH is 1. The number of ether oxygens (including phenoxy) is 2. The lowest BCUT2D eigenvalue weighted by molar-refractivity contribution is -0.196. The predicted molar refractivity (Wildman–Crippen MR) is 186 cm³/mol. The smallest absolute Gasteiger partial charge is 0.408 e. The lowest BCUT2D eigenvalue weighted by Gasteiger charge is -2.56. The number of carbonyl (C=O) groups excluding carboxylic acids is 7. The Morgan fingerprint density at radius 2 is 1.46 bits per heavy atom. The molecule has 2 amide bonds. The van der Waals surface area contributed by atoms with E-state index in [0.717, 1.165) is 6.07 Å². The summed E-state index contributed by atoms with van der Waals surface area (Å²) < 4.78 is 11.0. The van der Waals surface area contributed by atoms with E-state index in [1.54, 1.807) is 60.7 Å². The van der Waals surface area contributed by atoms with E-state index in [0.29, 0.717) is 11.1 Å². The third-order valence-electron chi connectivity index (χ3n) is 10.7. The second kappa shape index (κ2) is 14.6. The van der Waals surface area contributed by atoms with Gasteiger partial charge < -0.3 is 35.8 Å². The zero-order valence-electron chi connectivity index (χ0n) is 29.5. The fourth-order valence-electron chi connectivity index (χ4n) is 8.31. The van der Waals surface area contributed by atoms with Crippen molar-refractivity contribution < 1.29 is 58.4 Å². The fraction of sp³-hybridized carbons (Fsp3) is 0.359. The molecule has 3 aliphatic rings. The van der Waals surface area contributed by atoms with Gasteiger partial charge in [-0.1, -0.05) is 73.7 Å². The van der Waals surface area contributed by atoms with Gasteiger partial charge in [-0.15, -0.1) is 0 Å². The van der Waals surface area contributed by atoms with E-state index in [4.69, 9.17) is 15.2 Å².